The molecule has 0 bridgehead atoms. The molecule has 1 aromatic carbocycles. The summed E-state index contributed by atoms with van der Waals surface area (Å²) < 4.78 is 6.83. The minimum atomic E-state index is -0.212. The summed E-state index contributed by atoms with van der Waals surface area (Å²) in [6, 6.07) is 13.3. The summed E-state index contributed by atoms with van der Waals surface area (Å²) in [5.74, 6) is 0.550. The molecular formula is C19H21N5O2. The van der Waals surface area contributed by atoms with Gasteiger partial charge >= 0.3 is 6.03 Å². The normalized spacial score (nSPS) is 10.3. The average Bonchev–Trinajstić information content (AvgIpc) is 3.16. The molecule has 0 aliphatic carbocycles. The van der Waals surface area contributed by atoms with Gasteiger partial charge in [-0.1, -0.05) is 24.3 Å². The van der Waals surface area contributed by atoms with Gasteiger partial charge in [-0.3, -0.25) is 0 Å². The van der Waals surface area contributed by atoms with Crippen molar-refractivity contribution >= 4 is 6.03 Å². The van der Waals surface area contributed by atoms with Crippen LogP contribution in [-0.2, 0) is 13.0 Å². The molecule has 2 N–H and O–H groups in total. The fourth-order valence-corrected chi connectivity index (χ4v) is 2.41. The molecule has 0 fully saturated rings. The smallest absolute Gasteiger partial charge is 0.315 e. The highest BCUT2D eigenvalue weighted by molar-refractivity contribution is 5.73. The van der Waals surface area contributed by atoms with Crippen LogP contribution in [-0.4, -0.2) is 34.5 Å². The van der Waals surface area contributed by atoms with Crippen molar-refractivity contribution < 1.29 is 9.53 Å². The number of nitrogens with one attached hydrogen (secondary N) is 2. The molecule has 2 heterocycles. The number of nitrogens with zero attached hydrogens (tertiary/aromatic N) is 3. The monoisotopic (exact) mass is 351 g/mol. The second-order valence-corrected chi connectivity index (χ2v) is 5.70. The second kappa shape index (κ2) is 8.66. The van der Waals surface area contributed by atoms with Gasteiger partial charge in [-0.2, -0.15) is 5.10 Å². The number of aromatic nitrogens is 3. The molecule has 26 heavy (non-hydrogen) atoms. The summed E-state index contributed by atoms with van der Waals surface area (Å²) in [6.07, 6.45) is 6.18. The molecule has 0 saturated heterocycles. The minimum absolute atomic E-state index is 0.212. The predicted molar refractivity (Wildman–Crippen MR) is 98.3 cm³/mol. The first-order chi connectivity index (χ1) is 12.7. The summed E-state index contributed by atoms with van der Waals surface area (Å²) in [4.78, 5) is 16.0. The van der Waals surface area contributed by atoms with E-state index in [1.165, 1.54) is 0 Å². The van der Waals surface area contributed by atoms with E-state index >= 15 is 0 Å². The lowest BCUT2D eigenvalue weighted by Crippen LogP contribution is -2.36. The van der Waals surface area contributed by atoms with Crippen LogP contribution in [0.2, 0.25) is 0 Å². The maximum absolute atomic E-state index is 11.9. The number of carbonyl (C=O) groups is 1. The lowest BCUT2D eigenvalue weighted by molar-refractivity contribution is 0.240. The third-order valence-electron chi connectivity index (χ3n) is 3.82. The molecule has 0 saturated carbocycles. The Morgan fingerprint density at radius 1 is 1.08 bits per heavy atom. The molecule has 7 heteroatoms. The number of hydrogen-bond acceptors (Lipinski definition) is 4. The van der Waals surface area contributed by atoms with Crippen molar-refractivity contribution in [2.45, 2.75) is 13.0 Å². The van der Waals surface area contributed by atoms with Gasteiger partial charge in [-0.25, -0.2) is 14.5 Å². The zero-order valence-electron chi connectivity index (χ0n) is 14.6. The topological polar surface area (TPSA) is 81.1 Å². The summed E-state index contributed by atoms with van der Waals surface area (Å²) in [5, 5.41) is 9.99. The van der Waals surface area contributed by atoms with E-state index in [0.717, 1.165) is 16.8 Å². The Morgan fingerprint density at radius 3 is 2.65 bits per heavy atom. The number of methoxy groups -OCH3 is 1. The third kappa shape index (κ3) is 4.83. The number of amides is 2. The largest absolute Gasteiger partial charge is 0.481 e. The molecule has 3 aromatic rings. The molecule has 7 nitrogen and oxygen atoms in total. The molecule has 0 spiro atoms. The van der Waals surface area contributed by atoms with Gasteiger partial charge in [0.2, 0.25) is 5.88 Å². The molecule has 134 valence electrons. The maximum atomic E-state index is 11.9. The summed E-state index contributed by atoms with van der Waals surface area (Å²) in [6.45, 7) is 0.946. The average molecular weight is 351 g/mol. The number of hydrogen-bond donors (Lipinski definition) is 2. The summed E-state index contributed by atoms with van der Waals surface area (Å²) in [7, 11) is 1.57. The number of benzene rings is 1. The summed E-state index contributed by atoms with van der Waals surface area (Å²) in [5.41, 5.74) is 2.98. The molecule has 3 rings (SSSR count). The molecule has 0 atom stereocenters. The highest BCUT2D eigenvalue weighted by Crippen LogP contribution is 2.08. The van der Waals surface area contributed by atoms with Crippen molar-refractivity contribution in [3.05, 3.63) is 72.2 Å². The van der Waals surface area contributed by atoms with Crippen LogP contribution in [0.4, 0.5) is 4.79 Å². The molecule has 0 unspecified atom stereocenters. The molecule has 2 aromatic heterocycles. The van der Waals surface area contributed by atoms with Crippen molar-refractivity contribution in [1.82, 2.24) is 25.4 Å². The van der Waals surface area contributed by atoms with Gasteiger partial charge in [0.15, 0.2) is 0 Å². The first-order valence-electron chi connectivity index (χ1n) is 8.34. The number of pyridine rings is 1. The van der Waals surface area contributed by atoms with E-state index in [2.05, 4.69) is 20.7 Å². The van der Waals surface area contributed by atoms with E-state index in [4.69, 9.17) is 4.74 Å². The van der Waals surface area contributed by atoms with Gasteiger partial charge in [0, 0.05) is 31.5 Å². The van der Waals surface area contributed by atoms with Gasteiger partial charge in [-0.15, -0.1) is 0 Å². The highest BCUT2D eigenvalue weighted by Gasteiger charge is 2.04. The Bertz CT molecular complexity index is 831. The van der Waals surface area contributed by atoms with E-state index in [1.807, 2.05) is 53.5 Å². The number of urea groups is 1. The fourth-order valence-electron chi connectivity index (χ4n) is 2.41. The number of carbonyl (C=O) groups excluding carboxylic acids is 1. The Morgan fingerprint density at radius 2 is 1.92 bits per heavy atom. The van der Waals surface area contributed by atoms with Crippen LogP contribution in [0.25, 0.3) is 5.69 Å². The minimum Gasteiger partial charge on any atom is -0.481 e. The van der Waals surface area contributed by atoms with Crippen molar-refractivity contribution in [3.63, 3.8) is 0 Å². The Labute approximate surface area is 152 Å². The van der Waals surface area contributed by atoms with Crippen LogP contribution in [0.1, 0.15) is 11.1 Å². The van der Waals surface area contributed by atoms with Gasteiger partial charge in [0.25, 0.3) is 0 Å². The molecular weight excluding hydrogens is 330 g/mol. The van der Waals surface area contributed by atoms with Crippen molar-refractivity contribution in [1.29, 1.82) is 0 Å². The Balaban J connectivity index is 1.40. The van der Waals surface area contributed by atoms with Crippen molar-refractivity contribution in [2.24, 2.45) is 0 Å². The quantitative estimate of drug-likeness (QED) is 0.684. The van der Waals surface area contributed by atoms with E-state index in [-0.39, 0.29) is 6.03 Å². The van der Waals surface area contributed by atoms with Crippen molar-refractivity contribution in [2.75, 3.05) is 13.7 Å². The first kappa shape index (κ1) is 17.5. The highest BCUT2D eigenvalue weighted by atomic mass is 16.5. The lowest BCUT2D eigenvalue weighted by Gasteiger charge is -2.07. The molecule has 0 aliphatic rings. The van der Waals surface area contributed by atoms with E-state index in [0.29, 0.717) is 25.4 Å². The van der Waals surface area contributed by atoms with Crippen LogP contribution in [0, 0.1) is 0 Å². The van der Waals surface area contributed by atoms with Crippen LogP contribution < -0.4 is 15.4 Å². The van der Waals surface area contributed by atoms with Crippen LogP contribution in [0.15, 0.2) is 61.1 Å². The zero-order valence-corrected chi connectivity index (χ0v) is 14.6. The van der Waals surface area contributed by atoms with Crippen molar-refractivity contribution in [3.8, 4) is 11.6 Å². The SMILES string of the molecule is COc1ccc(CNC(=O)NCCc2cnn(-c3ccccc3)c2)cn1. The Hall–Kier alpha value is -3.35. The predicted octanol–water partition coefficient (Wildman–Crippen LogP) is 2.32. The van der Waals surface area contributed by atoms with Crippen LogP contribution in [0.5, 0.6) is 5.88 Å². The number of rotatable bonds is 7. The second-order valence-electron chi connectivity index (χ2n) is 5.70. The van der Waals surface area contributed by atoms with E-state index in [9.17, 15) is 4.79 Å². The summed E-state index contributed by atoms with van der Waals surface area (Å²) >= 11 is 0. The Kier molecular flexibility index (Phi) is 5.82. The van der Waals surface area contributed by atoms with Gasteiger partial charge in [0.05, 0.1) is 19.0 Å². The molecule has 2 amide bonds. The maximum Gasteiger partial charge on any atom is 0.315 e. The van der Waals surface area contributed by atoms with Gasteiger partial charge in [-0.05, 0) is 29.7 Å². The molecule has 0 radical (unpaired) electrons. The third-order valence-corrected chi connectivity index (χ3v) is 3.82. The zero-order chi connectivity index (χ0) is 18.2. The number of ether oxygens (including phenoxy) is 1. The number of para-hydroxylation sites is 1. The first-order valence-corrected chi connectivity index (χ1v) is 8.34. The van der Waals surface area contributed by atoms with Crippen LogP contribution >= 0.6 is 0 Å². The van der Waals surface area contributed by atoms with E-state index < -0.39 is 0 Å². The van der Waals surface area contributed by atoms with E-state index in [1.54, 1.807) is 19.4 Å². The standard InChI is InChI=1S/C19H21N5O2/c1-26-18-8-7-15(11-21-18)12-22-19(25)20-10-9-16-13-23-24(14-16)17-5-3-2-4-6-17/h2-8,11,13-14H,9-10,12H2,1H3,(H2,20,22,25). The molecule has 0 aliphatic heterocycles. The van der Waals surface area contributed by atoms with Gasteiger partial charge in [0.1, 0.15) is 0 Å². The van der Waals surface area contributed by atoms with Crippen LogP contribution in [0.3, 0.4) is 0 Å². The van der Waals surface area contributed by atoms with Gasteiger partial charge < -0.3 is 15.4 Å². The lowest BCUT2D eigenvalue weighted by atomic mass is 10.2. The fraction of sp³-hybridized carbons (Fsp3) is 0.211.